The number of aromatic nitrogens is 1. The molecule has 1 aromatic rings. The number of hydrogen-bond donors (Lipinski definition) is 0. The Hall–Kier alpha value is -1.89. The van der Waals surface area contributed by atoms with Gasteiger partial charge >= 0.3 is 0 Å². The molecule has 0 N–H and O–H groups in total. The number of ether oxygens (including phenoxy) is 1. The van der Waals surface area contributed by atoms with Gasteiger partial charge in [-0.3, -0.25) is 9.59 Å². The van der Waals surface area contributed by atoms with Crippen LogP contribution in [0.1, 0.15) is 62.0 Å². The van der Waals surface area contributed by atoms with Gasteiger partial charge in [0.05, 0.1) is 11.8 Å². The van der Waals surface area contributed by atoms with Crippen molar-refractivity contribution < 1.29 is 18.8 Å². The molecule has 2 amide bonds. The van der Waals surface area contributed by atoms with Gasteiger partial charge in [0.25, 0.3) is 0 Å². The largest absolute Gasteiger partial charge is 0.376 e. The van der Waals surface area contributed by atoms with Crippen LogP contribution >= 0.6 is 0 Å². The minimum absolute atomic E-state index is 0.172. The molecule has 4 heterocycles. The van der Waals surface area contributed by atoms with Crippen LogP contribution in [0.4, 0.5) is 0 Å². The molecule has 7 heteroatoms. The van der Waals surface area contributed by atoms with Crippen molar-refractivity contribution in [1.29, 1.82) is 0 Å². The van der Waals surface area contributed by atoms with Gasteiger partial charge in [-0.1, -0.05) is 5.16 Å². The summed E-state index contributed by atoms with van der Waals surface area (Å²) in [6.45, 7) is 7.80. The first kappa shape index (κ1) is 20.4. The van der Waals surface area contributed by atoms with Crippen molar-refractivity contribution in [3.8, 4) is 0 Å². The fourth-order valence-electron chi connectivity index (χ4n) is 5.19. The number of carbonyl (C=O) groups is 2. The molecule has 29 heavy (non-hydrogen) atoms. The fourth-order valence-corrected chi connectivity index (χ4v) is 5.19. The third-order valence-electron chi connectivity index (χ3n) is 7.14. The average molecular weight is 404 g/mol. The lowest BCUT2D eigenvalue weighted by Crippen LogP contribution is -2.53. The van der Waals surface area contributed by atoms with Gasteiger partial charge in [-0.05, 0) is 57.8 Å². The molecular formula is C22H33N3O4. The van der Waals surface area contributed by atoms with Crippen molar-refractivity contribution in [1.82, 2.24) is 15.0 Å². The predicted octanol–water partition coefficient (Wildman–Crippen LogP) is 2.63. The van der Waals surface area contributed by atoms with Crippen LogP contribution in [0.3, 0.4) is 0 Å². The number of likely N-dealkylation sites (tertiary alicyclic amines) is 2. The molecular weight excluding hydrogens is 370 g/mol. The summed E-state index contributed by atoms with van der Waals surface area (Å²) in [7, 11) is 0. The molecule has 0 saturated carbocycles. The van der Waals surface area contributed by atoms with Crippen LogP contribution in [0.15, 0.2) is 4.52 Å². The molecule has 0 unspecified atom stereocenters. The zero-order valence-electron chi connectivity index (χ0n) is 17.7. The van der Waals surface area contributed by atoms with E-state index in [9.17, 15) is 9.59 Å². The second kappa shape index (κ2) is 8.46. The summed E-state index contributed by atoms with van der Waals surface area (Å²) in [5.41, 5.74) is 2.11. The molecule has 0 bridgehead atoms. The van der Waals surface area contributed by atoms with Crippen molar-refractivity contribution in [2.75, 3.05) is 32.8 Å². The lowest BCUT2D eigenvalue weighted by Gasteiger charge is -2.47. The number of nitrogens with zero attached hydrogens (tertiary/aromatic N) is 3. The Morgan fingerprint density at radius 1 is 1.24 bits per heavy atom. The zero-order valence-corrected chi connectivity index (χ0v) is 17.7. The summed E-state index contributed by atoms with van der Waals surface area (Å²) < 4.78 is 10.9. The third-order valence-corrected chi connectivity index (χ3v) is 7.14. The highest BCUT2D eigenvalue weighted by atomic mass is 16.5. The van der Waals surface area contributed by atoms with Gasteiger partial charge in [-0.25, -0.2) is 0 Å². The predicted molar refractivity (Wildman–Crippen MR) is 107 cm³/mol. The second-order valence-corrected chi connectivity index (χ2v) is 9.09. The molecule has 0 radical (unpaired) electrons. The fraction of sp³-hybridized carbons (Fsp3) is 0.773. The van der Waals surface area contributed by atoms with E-state index in [-0.39, 0.29) is 23.3 Å². The third kappa shape index (κ3) is 4.49. The van der Waals surface area contributed by atoms with Gasteiger partial charge in [0.2, 0.25) is 11.8 Å². The maximum Gasteiger partial charge on any atom is 0.222 e. The van der Waals surface area contributed by atoms with Gasteiger partial charge < -0.3 is 19.1 Å². The van der Waals surface area contributed by atoms with Crippen LogP contribution in [-0.2, 0) is 20.7 Å². The minimum atomic E-state index is 0.172. The monoisotopic (exact) mass is 403 g/mol. The molecule has 3 fully saturated rings. The first-order valence-corrected chi connectivity index (χ1v) is 11.0. The van der Waals surface area contributed by atoms with Crippen LogP contribution in [-0.4, -0.2) is 65.7 Å². The van der Waals surface area contributed by atoms with Gasteiger partial charge in [0.1, 0.15) is 5.76 Å². The van der Waals surface area contributed by atoms with Gasteiger partial charge in [-0.15, -0.1) is 0 Å². The summed E-state index contributed by atoms with van der Waals surface area (Å²) in [5, 5.41) is 3.97. The Bertz CT molecular complexity index is 726. The molecule has 1 spiro atoms. The van der Waals surface area contributed by atoms with Crippen LogP contribution in [0.2, 0.25) is 0 Å². The standard InChI is InChI=1S/C22H33N3O4/c1-16-19(17(2)29-23-16)5-6-20(26)24-11-9-22(10-12-24)8-7-21(27)25(15-22)14-18-4-3-13-28-18/h18H,3-15H2,1-2H3/t18-/m1/s1. The van der Waals surface area contributed by atoms with Crippen LogP contribution in [0, 0.1) is 19.3 Å². The summed E-state index contributed by atoms with van der Waals surface area (Å²) in [5.74, 6) is 1.29. The quantitative estimate of drug-likeness (QED) is 0.755. The van der Waals surface area contributed by atoms with E-state index in [0.29, 0.717) is 19.3 Å². The van der Waals surface area contributed by atoms with Crippen molar-refractivity contribution in [2.45, 2.75) is 71.3 Å². The molecule has 0 aliphatic carbocycles. The summed E-state index contributed by atoms with van der Waals surface area (Å²) >= 11 is 0. The minimum Gasteiger partial charge on any atom is -0.376 e. The summed E-state index contributed by atoms with van der Waals surface area (Å²) in [4.78, 5) is 29.2. The van der Waals surface area contributed by atoms with Crippen molar-refractivity contribution in [2.24, 2.45) is 5.41 Å². The number of carbonyl (C=O) groups excluding carboxylic acids is 2. The Kier molecular flexibility index (Phi) is 5.95. The Labute approximate surface area is 172 Å². The molecule has 160 valence electrons. The molecule has 7 nitrogen and oxygen atoms in total. The van der Waals surface area contributed by atoms with E-state index in [0.717, 1.165) is 81.9 Å². The Balaban J connectivity index is 1.28. The van der Waals surface area contributed by atoms with Crippen molar-refractivity contribution >= 4 is 11.8 Å². The molecule has 3 aliphatic heterocycles. The van der Waals surface area contributed by atoms with E-state index in [1.165, 1.54) is 0 Å². The SMILES string of the molecule is Cc1noc(C)c1CCC(=O)N1CCC2(CCC(=O)N(C[C@H]3CCCO3)C2)CC1. The Morgan fingerprint density at radius 2 is 2.03 bits per heavy atom. The number of rotatable bonds is 5. The van der Waals surface area contributed by atoms with Crippen molar-refractivity contribution in [3.05, 3.63) is 17.0 Å². The second-order valence-electron chi connectivity index (χ2n) is 9.09. The topological polar surface area (TPSA) is 75.9 Å². The van der Waals surface area contributed by atoms with E-state index in [1.807, 2.05) is 23.6 Å². The first-order chi connectivity index (χ1) is 14.0. The van der Waals surface area contributed by atoms with Crippen molar-refractivity contribution in [3.63, 3.8) is 0 Å². The van der Waals surface area contributed by atoms with E-state index >= 15 is 0 Å². The maximum atomic E-state index is 12.7. The number of piperidine rings is 2. The first-order valence-electron chi connectivity index (χ1n) is 11.0. The Morgan fingerprint density at radius 3 is 2.69 bits per heavy atom. The van der Waals surface area contributed by atoms with Crippen LogP contribution < -0.4 is 0 Å². The van der Waals surface area contributed by atoms with E-state index < -0.39 is 0 Å². The molecule has 3 aliphatic rings. The van der Waals surface area contributed by atoms with Gasteiger partial charge in [-0.2, -0.15) is 0 Å². The summed E-state index contributed by atoms with van der Waals surface area (Å²) in [6.07, 6.45) is 7.11. The number of amides is 2. The van der Waals surface area contributed by atoms with E-state index in [4.69, 9.17) is 9.26 Å². The highest BCUT2D eigenvalue weighted by molar-refractivity contribution is 5.78. The summed E-state index contributed by atoms with van der Waals surface area (Å²) in [6, 6.07) is 0. The highest BCUT2D eigenvalue weighted by Crippen LogP contribution is 2.40. The molecule has 3 saturated heterocycles. The zero-order chi connectivity index (χ0) is 20.4. The smallest absolute Gasteiger partial charge is 0.222 e. The highest BCUT2D eigenvalue weighted by Gasteiger charge is 2.42. The lowest BCUT2D eigenvalue weighted by atomic mass is 9.72. The molecule has 1 aromatic heterocycles. The number of aryl methyl sites for hydroxylation is 2. The maximum absolute atomic E-state index is 12.7. The lowest BCUT2D eigenvalue weighted by molar-refractivity contribution is -0.144. The normalized spacial score (nSPS) is 24.5. The van der Waals surface area contributed by atoms with Gasteiger partial charge in [0, 0.05) is 51.2 Å². The molecule has 4 rings (SSSR count). The molecule has 0 aromatic carbocycles. The van der Waals surface area contributed by atoms with E-state index in [2.05, 4.69) is 5.16 Å². The number of hydrogen-bond acceptors (Lipinski definition) is 5. The molecule has 1 atom stereocenters. The van der Waals surface area contributed by atoms with E-state index in [1.54, 1.807) is 0 Å². The van der Waals surface area contributed by atoms with Crippen LogP contribution in [0.5, 0.6) is 0 Å². The van der Waals surface area contributed by atoms with Crippen LogP contribution in [0.25, 0.3) is 0 Å². The van der Waals surface area contributed by atoms with Gasteiger partial charge in [0.15, 0.2) is 0 Å². The average Bonchev–Trinajstić information content (AvgIpc) is 3.34.